The van der Waals surface area contributed by atoms with Gasteiger partial charge in [0.05, 0.1) is 5.69 Å². The van der Waals surface area contributed by atoms with Crippen LogP contribution in [0.3, 0.4) is 0 Å². The molecule has 0 spiro atoms. The zero-order valence-electron chi connectivity index (χ0n) is 9.88. The molecule has 0 aliphatic heterocycles. The van der Waals surface area contributed by atoms with Crippen LogP contribution in [0, 0.1) is 5.82 Å². The van der Waals surface area contributed by atoms with Gasteiger partial charge >= 0.3 is 6.03 Å². The molecule has 0 atom stereocenters. The van der Waals surface area contributed by atoms with E-state index < -0.39 is 11.8 Å². The van der Waals surface area contributed by atoms with E-state index >= 15 is 0 Å². The van der Waals surface area contributed by atoms with E-state index in [1.807, 2.05) is 0 Å². The average molecular weight is 378 g/mol. The summed E-state index contributed by atoms with van der Waals surface area (Å²) in [4.78, 5) is 11.8. The van der Waals surface area contributed by atoms with Gasteiger partial charge in [-0.2, -0.15) is 0 Å². The summed E-state index contributed by atoms with van der Waals surface area (Å²) >= 11 is 14.9. The molecule has 0 radical (unpaired) electrons. The van der Waals surface area contributed by atoms with Crippen molar-refractivity contribution in [1.82, 2.24) is 0 Å². The van der Waals surface area contributed by atoms with Gasteiger partial charge in [-0.3, -0.25) is 0 Å². The summed E-state index contributed by atoms with van der Waals surface area (Å²) in [6.45, 7) is 0. The Kier molecular flexibility index (Phi) is 4.86. The van der Waals surface area contributed by atoms with Crippen LogP contribution < -0.4 is 10.6 Å². The van der Waals surface area contributed by atoms with E-state index in [1.54, 1.807) is 18.2 Å². The highest BCUT2D eigenvalue weighted by atomic mass is 79.9. The Hall–Kier alpha value is -1.30. The second kappa shape index (κ2) is 6.43. The normalized spacial score (nSPS) is 10.2. The van der Waals surface area contributed by atoms with Crippen molar-refractivity contribution in [2.24, 2.45) is 0 Å². The van der Waals surface area contributed by atoms with E-state index in [2.05, 4.69) is 26.6 Å². The van der Waals surface area contributed by atoms with Gasteiger partial charge in [0, 0.05) is 20.2 Å². The fraction of sp³-hybridized carbons (Fsp3) is 0. The Balaban J connectivity index is 2.11. The van der Waals surface area contributed by atoms with Crippen molar-refractivity contribution in [3.8, 4) is 0 Å². The van der Waals surface area contributed by atoms with Crippen LogP contribution in [0.25, 0.3) is 0 Å². The van der Waals surface area contributed by atoms with Crippen LogP contribution in [0.2, 0.25) is 10.0 Å². The summed E-state index contributed by atoms with van der Waals surface area (Å²) < 4.78 is 13.7. The molecule has 2 aromatic rings. The number of anilines is 2. The highest BCUT2D eigenvalue weighted by molar-refractivity contribution is 9.10. The van der Waals surface area contributed by atoms with Crippen LogP contribution in [0.15, 0.2) is 40.9 Å². The molecular weight excluding hydrogens is 370 g/mol. The van der Waals surface area contributed by atoms with Gasteiger partial charge in [0.25, 0.3) is 0 Å². The Morgan fingerprint density at radius 3 is 2.35 bits per heavy atom. The van der Waals surface area contributed by atoms with Gasteiger partial charge in [-0.05, 0) is 52.3 Å². The van der Waals surface area contributed by atoms with Gasteiger partial charge in [0.1, 0.15) is 5.82 Å². The van der Waals surface area contributed by atoms with E-state index in [0.29, 0.717) is 25.9 Å². The fourth-order valence-electron chi connectivity index (χ4n) is 1.50. The summed E-state index contributed by atoms with van der Waals surface area (Å²) in [5.74, 6) is -0.450. The minimum atomic E-state index is -0.533. The molecule has 0 aliphatic rings. The molecule has 0 bridgehead atoms. The third kappa shape index (κ3) is 4.10. The maximum Gasteiger partial charge on any atom is 0.323 e. The lowest BCUT2D eigenvalue weighted by Gasteiger charge is -2.10. The van der Waals surface area contributed by atoms with Gasteiger partial charge in [0.2, 0.25) is 0 Å². The topological polar surface area (TPSA) is 41.1 Å². The van der Waals surface area contributed by atoms with E-state index in [4.69, 9.17) is 23.2 Å². The minimum Gasteiger partial charge on any atom is -0.308 e. The Morgan fingerprint density at radius 1 is 1.05 bits per heavy atom. The lowest BCUT2D eigenvalue weighted by atomic mass is 10.3. The molecule has 20 heavy (non-hydrogen) atoms. The molecule has 2 amide bonds. The van der Waals surface area contributed by atoms with E-state index in [1.165, 1.54) is 18.2 Å². The van der Waals surface area contributed by atoms with Crippen molar-refractivity contribution in [3.63, 3.8) is 0 Å². The monoisotopic (exact) mass is 376 g/mol. The highest BCUT2D eigenvalue weighted by Gasteiger charge is 2.08. The van der Waals surface area contributed by atoms with Gasteiger partial charge in [-0.15, -0.1) is 0 Å². The number of benzene rings is 2. The largest absolute Gasteiger partial charge is 0.323 e. The summed E-state index contributed by atoms with van der Waals surface area (Å²) in [6.07, 6.45) is 0. The van der Waals surface area contributed by atoms with E-state index in [9.17, 15) is 9.18 Å². The summed E-state index contributed by atoms with van der Waals surface area (Å²) in [7, 11) is 0. The zero-order valence-corrected chi connectivity index (χ0v) is 13.0. The predicted octanol–water partition coefficient (Wildman–Crippen LogP) is 5.54. The van der Waals surface area contributed by atoms with Crippen molar-refractivity contribution < 1.29 is 9.18 Å². The van der Waals surface area contributed by atoms with Crippen molar-refractivity contribution in [1.29, 1.82) is 0 Å². The number of hydrogen-bond donors (Lipinski definition) is 2. The second-order valence-corrected chi connectivity index (χ2v) is 5.59. The zero-order chi connectivity index (χ0) is 14.7. The number of halogens is 4. The smallest absolute Gasteiger partial charge is 0.308 e. The summed E-state index contributed by atoms with van der Waals surface area (Å²) in [5.41, 5.74) is 0.753. The Bertz CT molecular complexity index is 647. The van der Waals surface area contributed by atoms with Crippen LogP contribution in [0.1, 0.15) is 0 Å². The first-order chi connectivity index (χ1) is 9.44. The van der Waals surface area contributed by atoms with Crippen LogP contribution in [-0.2, 0) is 0 Å². The number of rotatable bonds is 2. The number of carbonyl (C=O) groups is 1. The number of hydrogen-bond acceptors (Lipinski definition) is 1. The third-order valence-electron chi connectivity index (χ3n) is 2.30. The maximum absolute atomic E-state index is 13.1. The Morgan fingerprint density at radius 2 is 1.70 bits per heavy atom. The highest BCUT2D eigenvalue weighted by Crippen LogP contribution is 2.25. The van der Waals surface area contributed by atoms with Crippen molar-refractivity contribution in [2.75, 3.05) is 10.6 Å². The number of nitrogens with one attached hydrogen (secondary N) is 2. The first kappa shape index (κ1) is 15.1. The molecule has 2 aromatic carbocycles. The molecule has 2 N–H and O–H groups in total. The quantitative estimate of drug-likeness (QED) is 0.708. The minimum absolute atomic E-state index is 0.315. The molecule has 0 unspecified atom stereocenters. The van der Waals surface area contributed by atoms with E-state index in [0.717, 1.165) is 0 Å². The van der Waals surface area contributed by atoms with Crippen molar-refractivity contribution >= 4 is 56.5 Å². The SMILES string of the molecule is O=C(Nc1cc(Cl)cc(Cl)c1)Nc1cc(F)ccc1Br. The molecule has 104 valence electrons. The summed E-state index contributed by atoms with van der Waals surface area (Å²) in [6, 6.07) is 8.10. The summed E-state index contributed by atoms with van der Waals surface area (Å²) in [5, 5.41) is 5.88. The average Bonchev–Trinajstić information content (AvgIpc) is 2.32. The van der Waals surface area contributed by atoms with Crippen molar-refractivity contribution in [3.05, 3.63) is 56.7 Å². The van der Waals surface area contributed by atoms with Crippen LogP contribution in [0.5, 0.6) is 0 Å². The second-order valence-electron chi connectivity index (χ2n) is 3.86. The molecule has 0 saturated carbocycles. The molecular formula is C13H8BrCl2FN2O. The van der Waals surface area contributed by atoms with Gasteiger partial charge in [-0.25, -0.2) is 9.18 Å². The van der Waals surface area contributed by atoms with Crippen molar-refractivity contribution in [2.45, 2.75) is 0 Å². The molecule has 7 heteroatoms. The number of amides is 2. The standard InChI is InChI=1S/C13H8BrCl2FN2O/c14-11-2-1-9(17)6-12(11)19-13(20)18-10-4-7(15)3-8(16)5-10/h1-6H,(H2,18,19,20). The van der Waals surface area contributed by atoms with Gasteiger partial charge in [0.15, 0.2) is 0 Å². The maximum atomic E-state index is 13.1. The lowest BCUT2D eigenvalue weighted by molar-refractivity contribution is 0.262. The first-order valence-corrected chi connectivity index (χ1v) is 6.98. The lowest BCUT2D eigenvalue weighted by Crippen LogP contribution is -2.19. The van der Waals surface area contributed by atoms with Crippen LogP contribution >= 0.6 is 39.1 Å². The number of urea groups is 1. The van der Waals surface area contributed by atoms with Gasteiger partial charge < -0.3 is 10.6 Å². The molecule has 3 nitrogen and oxygen atoms in total. The third-order valence-corrected chi connectivity index (χ3v) is 3.42. The fourth-order valence-corrected chi connectivity index (χ4v) is 2.38. The molecule has 0 aliphatic carbocycles. The van der Waals surface area contributed by atoms with Gasteiger partial charge in [-0.1, -0.05) is 23.2 Å². The molecule has 2 rings (SSSR count). The predicted molar refractivity (Wildman–Crippen MR) is 83.2 cm³/mol. The van der Waals surface area contributed by atoms with Crippen LogP contribution in [0.4, 0.5) is 20.6 Å². The molecule has 0 fully saturated rings. The Labute approximate surface area is 133 Å². The molecule has 0 heterocycles. The molecule has 0 saturated heterocycles. The van der Waals surface area contributed by atoms with E-state index in [-0.39, 0.29) is 0 Å². The first-order valence-electron chi connectivity index (χ1n) is 5.43. The molecule has 0 aromatic heterocycles. The number of carbonyl (C=O) groups excluding carboxylic acids is 1. The van der Waals surface area contributed by atoms with Crippen LogP contribution in [-0.4, -0.2) is 6.03 Å².